The first-order chi connectivity index (χ1) is 7.51. The number of ketones is 1. The van der Waals surface area contributed by atoms with Crippen LogP contribution in [0.15, 0.2) is 12.1 Å². The van der Waals surface area contributed by atoms with Gasteiger partial charge < -0.3 is 10.1 Å². The Labute approximate surface area is 94.6 Å². The molecule has 0 atom stereocenters. The van der Waals surface area contributed by atoms with Crippen LogP contribution in [0.4, 0.5) is 0 Å². The van der Waals surface area contributed by atoms with E-state index in [1.165, 1.54) is 14.2 Å². The summed E-state index contributed by atoms with van der Waals surface area (Å²) in [5.41, 5.74) is 2.27. The van der Waals surface area contributed by atoms with Gasteiger partial charge in [0.2, 0.25) is 0 Å². The zero-order chi connectivity index (χ0) is 12.3. The molecule has 0 aliphatic rings. The highest BCUT2D eigenvalue weighted by Crippen LogP contribution is 2.23. The van der Waals surface area contributed by atoms with Crippen molar-refractivity contribution >= 4 is 11.7 Å². The van der Waals surface area contributed by atoms with Gasteiger partial charge in [0.05, 0.1) is 12.7 Å². The van der Waals surface area contributed by atoms with E-state index in [2.05, 4.69) is 5.32 Å². The fourth-order valence-electron chi connectivity index (χ4n) is 1.37. The van der Waals surface area contributed by atoms with Crippen molar-refractivity contribution in [2.75, 3.05) is 14.2 Å². The van der Waals surface area contributed by atoms with E-state index in [9.17, 15) is 9.59 Å². The largest absolute Gasteiger partial charge is 0.496 e. The minimum Gasteiger partial charge on any atom is -0.496 e. The highest BCUT2D eigenvalue weighted by atomic mass is 16.5. The minimum absolute atomic E-state index is 0.296. The van der Waals surface area contributed by atoms with Crippen LogP contribution in [0.1, 0.15) is 21.5 Å². The number of benzene rings is 1. The molecule has 0 aliphatic heterocycles. The summed E-state index contributed by atoms with van der Waals surface area (Å²) in [5, 5.41) is 2.30. The Hall–Kier alpha value is -1.84. The van der Waals surface area contributed by atoms with Gasteiger partial charge in [0, 0.05) is 7.05 Å². The second kappa shape index (κ2) is 4.79. The molecular weight excluding hydrogens is 206 g/mol. The Morgan fingerprint density at radius 1 is 1.19 bits per heavy atom. The topological polar surface area (TPSA) is 55.4 Å². The molecule has 0 heterocycles. The first kappa shape index (κ1) is 12.2. The number of aryl methyl sites for hydroxylation is 2. The molecule has 0 spiro atoms. The van der Waals surface area contributed by atoms with Crippen LogP contribution in [0.25, 0.3) is 0 Å². The second-order valence-corrected chi connectivity index (χ2v) is 3.54. The van der Waals surface area contributed by atoms with Crippen LogP contribution in [0.3, 0.4) is 0 Å². The highest BCUT2D eigenvalue weighted by Gasteiger charge is 2.19. The molecule has 0 aliphatic carbocycles. The highest BCUT2D eigenvalue weighted by molar-refractivity contribution is 6.43. The molecule has 0 saturated carbocycles. The lowest BCUT2D eigenvalue weighted by Crippen LogP contribution is -2.27. The number of rotatable bonds is 3. The average Bonchev–Trinajstić information content (AvgIpc) is 2.30. The predicted molar refractivity (Wildman–Crippen MR) is 60.9 cm³/mol. The summed E-state index contributed by atoms with van der Waals surface area (Å²) in [5.74, 6) is -0.791. The number of carbonyl (C=O) groups is 2. The van der Waals surface area contributed by atoms with Crippen molar-refractivity contribution in [1.29, 1.82) is 0 Å². The monoisotopic (exact) mass is 221 g/mol. The van der Waals surface area contributed by atoms with Crippen molar-refractivity contribution in [2.45, 2.75) is 13.8 Å². The third-order valence-corrected chi connectivity index (χ3v) is 2.49. The molecule has 4 heteroatoms. The summed E-state index contributed by atoms with van der Waals surface area (Å²) >= 11 is 0. The zero-order valence-corrected chi connectivity index (χ0v) is 9.88. The van der Waals surface area contributed by atoms with Crippen LogP contribution in [0, 0.1) is 13.8 Å². The first-order valence-electron chi connectivity index (χ1n) is 4.93. The van der Waals surface area contributed by atoms with Gasteiger partial charge in [-0.3, -0.25) is 9.59 Å². The number of nitrogens with one attached hydrogen (secondary N) is 1. The van der Waals surface area contributed by atoms with Crippen molar-refractivity contribution < 1.29 is 14.3 Å². The normalized spacial score (nSPS) is 9.75. The van der Waals surface area contributed by atoms with E-state index in [-0.39, 0.29) is 0 Å². The van der Waals surface area contributed by atoms with E-state index < -0.39 is 11.7 Å². The number of ether oxygens (including phenoxy) is 1. The van der Waals surface area contributed by atoms with Crippen LogP contribution in [0.5, 0.6) is 5.75 Å². The number of Topliss-reactive ketones (excluding diaryl/α,β-unsaturated/α-hetero) is 1. The summed E-state index contributed by atoms with van der Waals surface area (Å²) in [7, 11) is 2.90. The van der Waals surface area contributed by atoms with Gasteiger partial charge in [0.25, 0.3) is 11.7 Å². The van der Waals surface area contributed by atoms with Crippen LogP contribution in [0.2, 0.25) is 0 Å². The summed E-state index contributed by atoms with van der Waals surface area (Å²) in [6.45, 7) is 3.81. The molecule has 0 radical (unpaired) electrons. The van der Waals surface area contributed by atoms with E-state index in [1.54, 1.807) is 12.1 Å². The van der Waals surface area contributed by atoms with E-state index in [4.69, 9.17) is 4.74 Å². The van der Waals surface area contributed by atoms with Crippen molar-refractivity contribution in [2.24, 2.45) is 0 Å². The third kappa shape index (κ3) is 2.21. The summed E-state index contributed by atoms with van der Waals surface area (Å²) in [6.07, 6.45) is 0. The van der Waals surface area contributed by atoms with Gasteiger partial charge in [-0.05, 0) is 37.1 Å². The second-order valence-electron chi connectivity index (χ2n) is 3.54. The maximum absolute atomic E-state index is 11.7. The fraction of sp³-hybridized carbons (Fsp3) is 0.333. The Balaban J connectivity index is 3.27. The van der Waals surface area contributed by atoms with Crippen LogP contribution in [-0.4, -0.2) is 25.8 Å². The Morgan fingerprint density at radius 3 is 2.25 bits per heavy atom. The zero-order valence-electron chi connectivity index (χ0n) is 9.88. The Kier molecular flexibility index (Phi) is 3.66. The lowest BCUT2D eigenvalue weighted by Gasteiger charge is -2.10. The number of hydrogen-bond acceptors (Lipinski definition) is 3. The maximum Gasteiger partial charge on any atom is 0.292 e. The lowest BCUT2D eigenvalue weighted by molar-refractivity contribution is -0.116. The molecule has 0 aromatic heterocycles. The maximum atomic E-state index is 11.7. The van der Waals surface area contributed by atoms with Crippen molar-refractivity contribution in [3.8, 4) is 5.75 Å². The van der Waals surface area contributed by atoms with E-state index >= 15 is 0 Å². The standard InChI is InChI=1S/C12H15NO3/c1-7-5-9(11(14)12(15)13-3)10(16-4)6-8(7)2/h5-6H,1-4H3,(H,13,15). The summed E-state index contributed by atoms with van der Waals surface area (Å²) < 4.78 is 5.10. The quantitative estimate of drug-likeness (QED) is 0.617. The van der Waals surface area contributed by atoms with E-state index in [0.717, 1.165) is 11.1 Å². The van der Waals surface area contributed by atoms with E-state index in [1.807, 2.05) is 13.8 Å². The molecule has 1 N–H and O–H groups in total. The molecule has 0 unspecified atom stereocenters. The number of carbonyl (C=O) groups excluding carboxylic acids is 2. The van der Waals surface area contributed by atoms with Gasteiger partial charge in [0.1, 0.15) is 5.75 Å². The minimum atomic E-state index is -0.637. The molecule has 86 valence electrons. The van der Waals surface area contributed by atoms with Gasteiger partial charge in [0.15, 0.2) is 0 Å². The van der Waals surface area contributed by atoms with E-state index in [0.29, 0.717) is 11.3 Å². The van der Waals surface area contributed by atoms with Gasteiger partial charge in [-0.25, -0.2) is 0 Å². The van der Waals surface area contributed by atoms with Gasteiger partial charge in [-0.2, -0.15) is 0 Å². The smallest absolute Gasteiger partial charge is 0.292 e. The van der Waals surface area contributed by atoms with Crippen molar-refractivity contribution in [1.82, 2.24) is 5.32 Å². The molecule has 16 heavy (non-hydrogen) atoms. The third-order valence-electron chi connectivity index (χ3n) is 2.49. The van der Waals surface area contributed by atoms with Gasteiger partial charge in [-0.15, -0.1) is 0 Å². The predicted octanol–water partition coefficient (Wildman–Crippen LogP) is 1.24. The molecular formula is C12H15NO3. The SMILES string of the molecule is CNC(=O)C(=O)c1cc(C)c(C)cc1OC. The molecule has 1 rings (SSSR count). The number of likely N-dealkylation sites (N-methyl/N-ethyl adjacent to an activating group) is 1. The molecule has 1 aromatic rings. The molecule has 0 fully saturated rings. The molecule has 0 bridgehead atoms. The van der Waals surface area contributed by atoms with Crippen molar-refractivity contribution in [3.63, 3.8) is 0 Å². The number of hydrogen-bond donors (Lipinski definition) is 1. The molecule has 1 amide bonds. The fourth-order valence-corrected chi connectivity index (χ4v) is 1.37. The first-order valence-corrected chi connectivity index (χ1v) is 4.93. The molecule has 0 saturated heterocycles. The Morgan fingerprint density at radius 2 is 1.75 bits per heavy atom. The molecule has 4 nitrogen and oxygen atoms in total. The lowest BCUT2D eigenvalue weighted by atomic mass is 10.0. The summed E-state index contributed by atoms with van der Waals surface area (Å²) in [6, 6.07) is 3.43. The average molecular weight is 221 g/mol. The van der Waals surface area contributed by atoms with Crippen molar-refractivity contribution in [3.05, 3.63) is 28.8 Å². The van der Waals surface area contributed by atoms with Crippen LogP contribution in [-0.2, 0) is 4.79 Å². The molecule has 1 aromatic carbocycles. The summed E-state index contributed by atoms with van der Waals surface area (Å²) in [4.78, 5) is 23.0. The Bertz CT molecular complexity index is 438. The van der Waals surface area contributed by atoms with Crippen LogP contribution < -0.4 is 10.1 Å². The van der Waals surface area contributed by atoms with Gasteiger partial charge >= 0.3 is 0 Å². The number of amides is 1. The van der Waals surface area contributed by atoms with Gasteiger partial charge in [-0.1, -0.05) is 0 Å². The van der Waals surface area contributed by atoms with Crippen LogP contribution >= 0.6 is 0 Å². The number of methoxy groups -OCH3 is 1.